The van der Waals surface area contributed by atoms with E-state index in [9.17, 15) is 27.2 Å². The van der Waals surface area contributed by atoms with Gasteiger partial charge >= 0.3 is 12.3 Å². The van der Waals surface area contributed by atoms with E-state index in [-0.39, 0.29) is 35.6 Å². The third kappa shape index (κ3) is 6.06. The van der Waals surface area contributed by atoms with Crippen LogP contribution in [0.1, 0.15) is 42.3 Å². The minimum absolute atomic E-state index is 0.00157. The van der Waals surface area contributed by atoms with E-state index in [4.69, 9.17) is 4.74 Å². The van der Waals surface area contributed by atoms with Gasteiger partial charge in [0.1, 0.15) is 11.4 Å². The van der Waals surface area contributed by atoms with Crippen LogP contribution in [0.4, 0.5) is 28.0 Å². The molecule has 7 nitrogen and oxygen atoms in total. The highest BCUT2D eigenvalue weighted by Gasteiger charge is 2.43. The lowest BCUT2D eigenvalue weighted by Gasteiger charge is -2.26. The largest absolute Gasteiger partial charge is 0.444 e. The molecule has 2 aliphatic heterocycles. The normalized spacial score (nSPS) is 19.9. The molecular formula is C25H28F4N4O3. The number of hydrogen-bond acceptors (Lipinski definition) is 5. The molecule has 2 aliphatic rings. The third-order valence-electron chi connectivity index (χ3n) is 6.23. The highest BCUT2D eigenvalue weighted by Crippen LogP contribution is 2.35. The molecule has 2 aromatic rings. The average Bonchev–Trinajstić information content (AvgIpc) is 3.35. The fourth-order valence-electron chi connectivity index (χ4n) is 4.60. The van der Waals surface area contributed by atoms with Gasteiger partial charge in [0.15, 0.2) is 0 Å². The number of nitrogens with zero attached hydrogens (tertiary/aromatic N) is 3. The van der Waals surface area contributed by atoms with Crippen molar-refractivity contribution in [3.63, 3.8) is 0 Å². The summed E-state index contributed by atoms with van der Waals surface area (Å²) in [5.74, 6) is -1.02. The number of hydrogen-bond donors (Lipinski definition) is 1. The molecule has 1 N–H and O–H groups in total. The first-order valence-corrected chi connectivity index (χ1v) is 11.6. The number of ether oxygens (including phenoxy) is 1. The molecule has 0 saturated carbocycles. The summed E-state index contributed by atoms with van der Waals surface area (Å²) in [5.41, 5.74) is -0.678. The number of halogens is 4. The number of carbonyl (C=O) groups is 2. The summed E-state index contributed by atoms with van der Waals surface area (Å²) < 4.78 is 57.8. The molecule has 194 valence electrons. The van der Waals surface area contributed by atoms with Crippen molar-refractivity contribution in [2.45, 2.75) is 39.1 Å². The summed E-state index contributed by atoms with van der Waals surface area (Å²) in [5, 5.41) is 2.53. The Hall–Kier alpha value is -3.37. The van der Waals surface area contributed by atoms with E-state index in [1.165, 1.54) is 6.20 Å². The van der Waals surface area contributed by atoms with Crippen molar-refractivity contribution < 1.29 is 31.9 Å². The van der Waals surface area contributed by atoms with E-state index < -0.39 is 29.1 Å². The summed E-state index contributed by atoms with van der Waals surface area (Å²) in [6, 6.07) is 3.84. The molecule has 2 fully saturated rings. The van der Waals surface area contributed by atoms with Crippen LogP contribution in [0.25, 0.3) is 0 Å². The predicted molar refractivity (Wildman–Crippen MR) is 124 cm³/mol. The molecule has 2 saturated heterocycles. The predicted octanol–water partition coefficient (Wildman–Crippen LogP) is 4.47. The Morgan fingerprint density at radius 1 is 1.03 bits per heavy atom. The van der Waals surface area contributed by atoms with Crippen molar-refractivity contribution in [1.82, 2.24) is 15.2 Å². The first-order chi connectivity index (χ1) is 16.8. The SMILES string of the molecule is CC(C)(C)OC(=O)N1C[C@@H]2CN(c3cncc(C(=O)NCc4cc(F)cc(C(F)(F)F)c4)c3)C[C@@H]2C1. The van der Waals surface area contributed by atoms with Gasteiger partial charge in [-0.2, -0.15) is 13.2 Å². The Morgan fingerprint density at radius 2 is 1.69 bits per heavy atom. The van der Waals surface area contributed by atoms with Crippen LogP contribution >= 0.6 is 0 Å². The van der Waals surface area contributed by atoms with Crippen LogP contribution in [0.5, 0.6) is 0 Å². The highest BCUT2D eigenvalue weighted by molar-refractivity contribution is 5.94. The van der Waals surface area contributed by atoms with Gasteiger partial charge in [0.2, 0.25) is 0 Å². The van der Waals surface area contributed by atoms with Gasteiger partial charge in [-0.1, -0.05) is 0 Å². The molecule has 11 heteroatoms. The zero-order valence-corrected chi connectivity index (χ0v) is 20.2. The van der Waals surface area contributed by atoms with Crippen molar-refractivity contribution >= 4 is 17.7 Å². The summed E-state index contributed by atoms with van der Waals surface area (Å²) in [7, 11) is 0. The number of alkyl halides is 3. The Bertz CT molecular complexity index is 1130. The topological polar surface area (TPSA) is 74.8 Å². The van der Waals surface area contributed by atoms with Gasteiger partial charge in [-0.3, -0.25) is 9.78 Å². The van der Waals surface area contributed by atoms with E-state index in [1.807, 2.05) is 20.8 Å². The van der Waals surface area contributed by atoms with Gasteiger partial charge in [-0.15, -0.1) is 0 Å². The number of amides is 2. The lowest BCUT2D eigenvalue weighted by atomic mass is 10.0. The molecule has 0 bridgehead atoms. The van der Waals surface area contributed by atoms with Gasteiger partial charge in [0, 0.05) is 50.8 Å². The molecule has 0 spiro atoms. The van der Waals surface area contributed by atoms with E-state index in [0.29, 0.717) is 32.2 Å². The maximum Gasteiger partial charge on any atom is 0.416 e. The molecule has 0 aliphatic carbocycles. The minimum Gasteiger partial charge on any atom is -0.444 e. The van der Waals surface area contributed by atoms with Crippen LogP contribution in [-0.2, 0) is 17.5 Å². The summed E-state index contributed by atoms with van der Waals surface area (Å²) in [4.78, 5) is 33.0. The van der Waals surface area contributed by atoms with Crippen LogP contribution < -0.4 is 10.2 Å². The number of pyridine rings is 1. The lowest BCUT2D eigenvalue weighted by molar-refractivity contribution is -0.137. The van der Waals surface area contributed by atoms with Gasteiger partial charge in [0.05, 0.1) is 23.0 Å². The molecule has 2 amide bonds. The number of benzene rings is 1. The lowest BCUT2D eigenvalue weighted by Crippen LogP contribution is -2.37. The monoisotopic (exact) mass is 508 g/mol. The van der Waals surface area contributed by atoms with Crippen LogP contribution in [0, 0.1) is 17.7 Å². The summed E-state index contributed by atoms with van der Waals surface area (Å²) in [6.45, 7) is 7.81. The number of aromatic nitrogens is 1. The Balaban J connectivity index is 1.35. The average molecular weight is 509 g/mol. The molecule has 0 radical (unpaired) electrons. The molecule has 4 rings (SSSR count). The summed E-state index contributed by atoms with van der Waals surface area (Å²) in [6.07, 6.45) is -1.99. The van der Waals surface area contributed by atoms with Gasteiger partial charge < -0.3 is 19.9 Å². The second-order valence-corrected chi connectivity index (χ2v) is 10.3. The molecule has 1 aromatic heterocycles. The number of likely N-dealkylation sites (tertiary alicyclic amines) is 1. The fraction of sp³-hybridized carbons (Fsp3) is 0.480. The Labute approximate surface area is 206 Å². The zero-order valence-electron chi connectivity index (χ0n) is 20.2. The number of rotatable bonds is 4. The molecule has 1 aromatic carbocycles. The quantitative estimate of drug-likeness (QED) is 0.617. The molecular weight excluding hydrogens is 480 g/mol. The van der Waals surface area contributed by atoms with Crippen molar-refractivity contribution in [2.75, 3.05) is 31.1 Å². The van der Waals surface area contributed by atoms with Crippen molar-refractivity contribution in [1.29, 1.82) is 0 Å². The molecule has 36 heavy (non-hydrogen) atoms. The molecule has 3 heterocycles. The first-order valence-electron chi connectivity index (χ1n) is 11.6. The number of nitrogens with one attached hydrogen (secondary N) is 1. The standard InChI is InChI=1S/C25H28F4N4O3/c1-24(2,3)36-23(35)33-13-17-11-32(12-18(17)14-33)21-6-16(9-30-10-21)22(34)31-8-15-4-19(25(27,28)29)7-20(26)5-15/h4-7,9-10,17-18H,8,11-14H2,1-3H3,(H,31,34)/t17-,18+. The maximum absolute atomic E-state index is 13.6. The minimum atomic E-state index is -4.68. The van der Waals surface area contributed by atoms with Crippen LogP contribution in [0.2, 0.25) is 0 Å². The zero-order chi connectivity index (χ0) is 26.3. The van der Waals surface area contributed by atoms with Crippen LogP contribution in [0.15, 0.2) is 36.7 Å². The molecule has 2 atom stereocenters. The van der Waals surface area contributed by atoms with Crippen LogP contribution in [-0.4, -0.2) is 53.7 Å². The smallest absolute Gasteiger partial charge is 0.416 e. The van der Waals surface area contributed by atoms with E-state index in [0.717, 1.165) is 17.8 Å². The third-order valence-corrected chi connectivity index (χ3v) is 6.23. The Morgan fingerprint density at radius 3 is 2.31 bits per heavy atom. The van der Waals surface area contributed by atoms with Crippen molar-refractivity contribution in [3.05, 3.63) is 59.2 Å². The highest BCUT2D eigenvalue weighted by atomic mass is 19.4. The first kappa shape index (κ1) is 25.7. The van der Waals surface area contributed by atoms with Crippen molar-refractivity contribution in [3.8, 4) is 0 Å². The van der Waals surface area contributed by atoms with E-state index in [1.54, 1.807) is 17.2 Å². The second-order valence-electron chi connectivity index (χ2n) is 10.3. The number of anilines is 1. The fourth-order valence-corrected chi connectivity index (χ4v) is 4.60. The van der Waals surface area contributed by atoms with E-state index >= 15 is 0 Å². The van der Waals surface area contributed by atoms with Gasteiger partial charge in [0.25, 0.3) is 5.91 Å². The van der Waals surface area contributed by atoms with Gasteiger partial charge in [-0.25, -0.2) is 9.18 Å². The van der Waals surface area contributed by atoms with Crippen molar-refractivity contribution in [2.24, 2.45) is 11.8 Å². The van der Waals surface area contributed by atoms with Crippen LogP contribution in [0.3, 0.4) is 0 Å². The van der Waals surface area contributed by atoms with Gasteiger partial charge in [-0.05, 0) is 50.6 Å². The second kappa shape index (κ2) is 9.59. The number of fused-ring (bicyclic) bond motifs is 1. The molecule has 0 unspecified atom stereocenters. The van der Waals surface area contributed by atoms with E-state index in [2.05, 4.69) is 15.2 Å². The number of carbonyl (C=O) groups excluding carboxylic acids is 2. The maximum atomic E-state index is 13.6. The Kier molecular flexibility index (Phi) is 6.85. The summed E-state index contributed by atoms with van der Waals surface area (Å²) >= 11 is 0.